The number of tetrazole rings is 1. The molecule has 9 heteroatoms. The van der Waals surface area contributed by atoms with E-state index in [1.807, 2.05) is 51.1 Å². The molecule has 1 N–H and O–H groups in total. The maximum Gasteiger partial charge on any atom is 0.253 e. The Morgan fingerprint density at radius 3 is 2.37 bits per heavy atom. The predicted molar refractivity (Wildman–Crippen MR) is 135 cm³/mol. The van der Waals surface area contributed by atoms with Gasteiger partial charge >= 0.3 is 0 Å². The SMILES string of the molecule is CCN(Cc1ccccc1)C(c1cc2cc(OC)c(OC)cc2[nH]c1=O)c1nnnn1C(C)(C)C. The summed E-state index contributed by atoms with van der Waals surface area (Å²) >= 11 is 0. The van der Waals surface area contributed by atoms with Gasteiger partial charge in [0.1, 0.15) is 6.04 Å². The summed E-state index contributed by atoms with van der Waals surface area (Å²) in [4.78, 5) is 18.8. The van der Waals surface area contributed by atoms with Crippen LogP contribution in [0.15, 0.2) is 53.3 Å². The molecule has 35 heavy (non-hydrogen) atoms. The molecule has 1 unspecified atom stereocenters. The number of fused-ring (bicyclic) bond motifs is 1. The highest BCUT2D eigenvalue weighted by atomic mass is 16.5. The Bertz CT molecular complexity index is 1360. The van der Waals surface area contributed by atoms with E-state index in [0.29, 0.717) is 41.5 Å². The van der Waals surface area contributed by atoms with Gasteiger partial charge < -0.3 is 14.5 Å². The molecule has 4 aromatic rings. The fraction of sp³-hybridized carbons (Fsp3) is 0.385. The highest BCUT2D eigenvalue weighted by Crippen LogP contribution is 2.34. The molecule has 2 heterocycles. The lowest BCUT2D eigenvalue weighted by Crippen LogP contribution is -2.37. The molecule has 4 rings (SSSR count). The summed E-state index contributed by atoms with van der Waals surface area (Å²) in [5.41, 5.74) is 1.78. The van der Waals surface area contributed by atoms with Crippen molar-refractivity contribution >= 4 is 10.9 Å². The zero-order chi connectivity index (χ0) is 25.2. The van der Waals surface area contributed by atoms with Gasteiger partial charge in [0.15, 0.2) is 17.3 Å². The quantitative estimate of drug-likeness (QED) is 0.412. The van der Waals surface area contributed by atoms with Crippen molar-refractivity contribution in [3.05, 3.63) is 75.8 Å². The maximum absolute atomic E-state index is 13.5. The van der Waals surface area contributed by atoms with Gasteiger partial charge in [-0.05, 0) is 55.4 Å². The lowest BCUT2D eigenvalue weighted by Gasteiger charge is -2.32. The van der Waals surface area contributed by atoms with Crippen molar-refractivity contribution in [3.63, 3.8) is 0 Å². The Morgan fingerprint density at radius 2 is 1.74 bits per heavy atom. The first-order valence-electron chi connectivity index (χ1n) is 11.6. The largest absolute Gasteiger partial charge is 0.493 e. The van der Waals surface area contributed by atoms with Crippen molar-refractivity contribution in [1.82, 2.24) is 30.1 Å². The van der Waals surface area contributed by atoms with Crippen molar-refractivity contribution in [2.24, 2.45) is 0 Å². The predicted octanol–water partition coefficient (Wildman–Crippen LogP) is 3.90. The number of rotatable bonds is 8. The van der Waals surface area contributed by atoms with Crippen molar-refractivity contribution < 1.29 is 9.47 Å². The highest BCUT2D eigenvalue weighted by molar-refractivity contribution is 5.83. The molecule has 0 amide bonds. The monoisotopic (exact) mass is 476 g/mol. The molecular formula is C26H32N6O3. The standard InChI is InChI=1S/C26H32N6O3/c1-7-31(16-17-11-9-8-10-12-17)23(24-28-29-30-32(24)26(2,3)4)19-13-18-14-21(34-5)22(35-6)15-20(18)27-25(19)33/h8-15,23H,7,16H2,1-6H3,(H,27,33). The van der Waals surface area contributed by atoms with Crippen LogP contribution in [0.25, 0.3) is 10.9 Å². The van der Waals surface area contributed by atoms with E-state index in [1.165, 1.54) is 0 Å². The van der Waals surface area contributed by atoms with Gasteiger partial charge in [-0.2, -0.15) is 0 Å². The molecule has 184 valence electrons. The molecule has 0 aliphatic carbocycles. The first-order chi connectivity index (χ1) is 16.8. The number of hydrogen-bond donors (Lipinski definition) is 1. The van der Waals surface area contributed by atoms with Gasteiger partial charge in [0.2, 0.25) is 0 Å². The van der Waals surface area contributed by atoms with E-state index >= 15 is 0 Å². The van der Waals surface area contributed by atoms with Crippen molar-refractivity contribution in [1.29, 1.82) is 0 Å². The topological polar surface area (TPSA) is 98.2 Å². The van der Waals surface area contributed by atoms with Crippen molar-refractivity contribution in [3.8, 4) is 11.5 Å². The second-order valence-corrected chi connectivity index (χ2v) is 9.42. The number of aromatic amines is 1. The molecule has 0 spiro atoms. The van der Waals surface area contributed by atoms with Gasteiger partial charge in [-0.25, -0.2) is 4.68 Å². The molecule has 2 aromatic carbocycles. The van der Waals surface area contributed by atoms with Crippen LogP contribution in [0.3, 0.4) is 0 Å². The number of nitrogens with one attached hydrogen (secondary N) is 1. The Labute approximate surface area is 204 Å². The molecule has 2 aromatic heterocycles. The number of hydrogen-bond acceptors (Lipinski definition) is 7. The second-order valence-electron chi connectivity index (χ2n) is 9.42. The fourth-order valence-electron chi connectivity index (χ4n) is 4.30. The molecule has 0 saturated heterocycles. The summed E-state index contributed by atoms with van der Waals surface area (Å²) in [6.45, 7) is 9.50. The molecule has 0 aliphatic rings. The summed E-state index contributed by atoms with van der Waals surface area (Å²) in [5, 5.41) is 13.5. The van der Waals surface area contributed by atoms with E-state index in [-0.39, 0.29) is 11.1 Å². The fourth-order valence-corrected chi connectivity index (χ4v) is 4.30. The number of methoxy groups -OCH3 is 2. The van der Waals surface area contributed by atoms with Crippen LogP contribution in [0.1, 0.15) is 50.7 Å². The summed E-state index contributed by atoms with van der Waals surface area (Å²) in [6, 6.07) is 15.2. The minimum Gasteiger partial charge on any atom is -0.493 e. The summed E-state index contributed by atoms with van der Waals surface area (Å²) in [7, 11) is 3.16. The van der Waals surface area contributed by atoms with E-state index < -0.39 is 6.04 Å². The van der Waals surface area contributed by atoms with Crippen LogP contribution in [0.5, 0.6) is 11.5 Å². The van der Waals surface area contributed by atoms with Crippen molar-refractivity contribution in [2.45, 2.75) is 45.8 Å². The third kappa shape index (κ3) is 4.90. The van der Waals surface area contributed by atoms with Crippen molar-refractivity contribution in [2.75, 3.05) is 20.8 Å². The second kappa shape index (κ2) is 9.87. The van der Waals surface area contributed by atoms with Gasteiger partial charge in [0, 0.05) is 23.6 Å². The third-order valence-electron chi connectivity index (χ3n) is 6.05. The van der Waals surface area contributed by atoms with E-state index in [2.05, 4.69) is 44.5 Å². The smallest absolute Gasteiger partial charge is 0.253 e. The Hall–Kier alpha value is -3.72. The molecule has 0 saturated carbocycles. The molecule has 0 fully saturated rings. The van der Waals surface area contributed by atoms with Crippen LogP contribution in [0, 0.1) is 0 Å². The van der Waals surface area contributed by atoms with Gasteiger partial charge in [0.05, 0.1) is 25.3 Å². The van der Waals surface area contributed by atoms with E-state index in [9.17, 15) is 4.79 Å². The molecule has 0 aliphatic heterocycles. The number of benzene rings is 2. The average molecular weight is 477 g/mol. The summed E-state index contributed by atoms with van der Waals surface area (Å²) in [6.07, 6.45) is 0. The minimum atomic E-state index is -0.476. The summed E-state index contributed by atoms with van der Waals surface area (Å²) < 4.78 is 12.7. The normalized spacial score (nSPS) is 12.8. The first-order valence-corrected chi connectivity index (χ1v) is 11.6. The zero-order valence-corrected chi connectivity index (χ0v) is 21.1. The van der Waals surface area contributed by atoms with Crippen LogP contribution < -0.4 is 15.0 Å². The number of aromatic nitrogens is 5. The molecule has 1 atom stereocenters. The number of ether oxygens (including phenoxy) is 2. The highest BCUT2D eigenvalue weighted by Gasteiger charge is 2.33. The maximum atomic E-state index is 13.5. The van der Waals surface area contributed by atoms with Crippen LogP contribution in [0.4, 0.5) is 0 Å². The zero-order valence-electron chi connectivity index (χ0n) is 21.1. The summed E-state index contributed by atoms with van der Waals surface area (Å²) in [5.74, 6) is 1.75. The minimum absolute atomic E-state index is 0.204. The number of nitrogens with zero attached hydrogens (tertiary/aromatic N) is 5. The van der Waals surface area contributed by atoms with E-state index in [4.69, 9.17) is 9.47 Å². The lowest BCUT2D eigenvalue weighted by molar-refractivity contribution is 0.202. The Kier molecular flexibility index (Phi) is 6.88. The van der Waals surface area contributed by atoms with E-state index in [1.54, 1.807) is 25.0 Å². The van der Waals surface area contributed by atoms with Crippen LogP contribution in [0.2, 0.25) is 0 Å². The van der Waals surface area contributed by atoms with Crippen LogP contribution in [-0.4, -0.2) is 50.9 Å². The Balaban J connectivity index is 1.93. The molecule has 9 nitrogen and oxygen atoms in total. The first kappa shape index (κ1) is 24.4. The van der Waals surface area contributed by atoms with Gasteiger partial charge in [-0.15, -0.1) is 5.10 Å². The molecule has 0 radical (unpaired) electrons. The van der Waals surface area contributed by atoms with E-state index in [0.717, 1.165) is 10.9 Å². The third-order valence-corrected chi connectivity index (χ3v) is 6.05. The van der Waals surface area contributed by atoms with Crippen LogP contribution >= 0.6 is 0 Å². The van der Waals surface area contributed by atoms with Crippen LogP contribution in [-0.2, 0) is 12.1 Å². The van der Waals surface area contributed by atoms with Gasteiger partial charge in [-0.3, -0.25) is 9.69 Å². The molecular weight excluding hydrogens is 444 g/mol. The number of pyridine rings is 1. The number of H-pyrrole nitrogens is 1. The van der Waals surface area contributed by atoms with Gasteiger partial charge in [-0.1, -0.05) is 37.3 Å². The molecule has 0 bridgehead atoms. The van der Waals surface area contributed by atoms with Gasteiger partial charge in [0.25, 0.3) is 5.56 Å². The Morgan fingerprint density at radius 1 is 1.06 bits per heavy atom. The lowest BCUT2D eigenvalue weighted by atomic mass is 10.0. The average Bonchev–Trinajstić information content (AvgIpc) is 3.34.